The van der Waals surface area contributed by atoms with Crippen molar-refractivity contribution < 1.29 is 8.42 Å². The average molecular weight is 286 g/mol. The molecule has 0 atom stereocenters. The van der Waals surface area contributed by atoms with Gasteiger partial charge in [0.25, 0.3) is 0 Å². The van der Waals surface area contributed by atoms with Gasteiger partial charge in [-0.1, -0.05) is 0 Å². The normalized spacial score (nSPS) is 18.8. The lowest BCUT2D eigenvalue weighted by Gasteiger charge is -2.31. The van der Waals surface area contributed by atoms with Crippen molar-refractivity contribution in [1.82, 2.24) is 19.2 Å². The number of piperidine rings is 1. The molecule has 0 radical (unpaired) electrons. The molecular weight excluding hydrogens is 264 g/mol. The Labute approximate surface area is 114 Å². The summed E-state index contributed by atoms with van der Waals surface area (Å²) >= 11 is 0. The first-order valence-corrected chi connectivity index (χ1v) is 8.30. The maximum absolute atomic E-state index is 11.7. The third-order valence-electron chi connectivity index (χ3n) is 3.70. The summed E-state index contributed by atoms with van der Waals surface area (Å²) in [5.41, 5.74) is 1.14. The number of sulfonamides is 1. The Morgan fingerprint density at radius 2 is 2.11 bits per heavy atom. The Bertz CT molecular complexity index is 504. The van der Waals surface area contributed by atoms with Crippen LogP contribution in [0.5, 0.6) is 0 Å². The molecule has 0 unspecified atom stereocenters. The van der Waals surface area contributed by atoms with Crippen LogP contribution in [0, 0.1) is 0 Å². The van der Waals surface area contributed by atoms with Crippen LogP contribution in [0.4, 0.5) is 0 Å². The van der Waals surface area contributed by atoms with Gasteiger partial charge in [0.1, 0.15) is 0 Å². The van der Waals surface area contributed by atoms with Crippen LogP contribution in [0.25, 0.3) is 0 Å². The van der Waals surface area contributed by atoms with Gasteiger partial charge in [-0.05, 0) is 19.8 Å². The molecular formula is C12H22N4O2S. The molecule has 0 saturated carbocycles. The third kappa shape index (κ3) is 3.55. The average Bonchev–Trinajstić information content (AvgIpc) is 2.82. The van der Waals surface area contributed by atoms with Crippen LogP contribution in [-0.4, -0.2) is 47.2 Å². The van der Waals surface area contributed by atoms with Crippen molar-refractivity contribution in [3.63, 3.8) is 0 Å². The molecule has 1 fully saturated rings. The fourth-order valence-electron chi connectivity index (χ4n) is 2.32. The van der Waals surface area contributed by atoms with E-state index in [1.54, 1.807) is 17.6 Å². The largest absolute Gasteiger partial charge is 0.337 e. The fourth-order valence-corrected chi connectivity index (χ4v) is 3.46. The summed E-state index contributed by atoms with van der Waals surface area (Å²) in [4.78, 5) is 4.08. The molecule has 0 aliphatic carbocycles. The zero-order valence-corrected chi connectivity index (χ0v) is 12.4. The lowest BCUT2D eigenvalue weighted by molar-refractivity contribution is 0.288. The van der Waals surface area contributed by atoms with E-state index in [9.17, 15) is 8.42 Å². The van der Waals surface area contributed by atoms with Gasteiger partial charge in [0, 0.05) is 38.9 Å². The second-order valence-corrected chi connectivity index (χ2v) is 7.21. The second-order valence-electron chi connectivity index (χ2n) is 4.95. The van der Waals surface area contributed by atoms with Crippen LogP contribution >= 0.6 is 0 Å². The Morgan fingerprint density at radius 1 is 1.42 bits per heavy atom. The number of hydrogen-bond acceptors (Lipinski definition) is 4. The van der Waals surface area contributed by atoms with Crippen molar-refractivity contribution in [3.8, 4) is 0 Å². The van der Waals surface area contributed by atoms with Gasteiger partial charge < -0.3 is 9.88 Å². The van der Waals surface area contributed by atoms with Crippen molar-refractivity contribution in [1.29, 1.82) is 0 Å². The Morgan fingerprint density at radius 3 is 2.63 bits per heavy atom. The van der Waals surface area contributed by atoms with Gasteiger partial charge in [-0.3, -0.25) is 0 Å². The van der Waals surface area contributed by atoms with Crippen molar-refractivity contribution in [3.05, 3.63) is 18.2 Å². The summed E-state index contributed by atoms with van der Waals surface area (Å²) in [7, 11) is -1.05. The summed E-state index contributed by atoms with van der Waals surface area (Å²) in [5, 5.41) is 3.47. The zero-order chi connectivity index (χ0) is 13.9. The molecule has 108 valence electrons. The molecule has 0 amide bonds. The predicted octanol–water partition coefficient (Wildman–Crippen LogP) is 0.324. The van der Waals surface area contributed by atoms with Crippen LogP contribution in [0.3, 0.4) is 0 Å². The number of imidazole rings is 1. The number of nitrogens with zero attached hydrogens (tertiary/aromatic N) is 3. The molecule has 2 heterocycles. The number of nitrogens with one attached hydrogen (secondary N) is 1. The summed E-state index contributed by atoms with van der Waals surface area (Å²) in [6.07, 6.45) is 5.38. The summed E-state index contributed by atoms with van der Waals surface area (Å²) in [6, 6.07) is 0.387. The molecule has 0 bridgehead atoms. The number of aromatic nitrogens is 2. The van der Waals surface area contributed by atoms with E-state index < -0.39 is 10.0 Å². The van der Waals surface area contributed by atoms with E-state index in [0.29, 0.717) is 19.1 Å². The smallest absolute Gasteiger partial charge is 0.213 e. The molecule has 1 saturated heterocycles. The van der Waals surface area contributed by atoms with Gasteiger partial charge in [0.05, 0.1) is 17.8 Å². The van der Waals surface area contributed by atoms with Gasteiger partial charge >= 0.3 is 0 Å². The van der Waals surface area contributed by atoms with E-state index in [1.807, 2.05) is 17.8 Å². The summed E-state index contributed by atoms with van der Waals surface area (Å²) in [6.45, 7) is 3.72. The molecule has 1 aliphatic heterocycles. The van der Waals surface area contributed by atoms with Crippen molar-refractivity contribution in [2.75, 3.05) is 18.8 Å². The Balaban J connectivity index is 1.80. The second kappa shape index (κ2) is 6.02. The van der Waals surface area contributed by atoms with Crippen LogP contribution in [0.1, 0.15) is 25.5 Å². The Hall–Kier alpha value is -0.920. The minimum absolute atomic E-state index is 0.195. The van der Waals surface area contributed by atoms with E-state index in [-0.39, 0.29) is 5.75 Å². The van der Waals surface area contributed by atoms with Crippen molar-refractivity contribution in [2.45, 2.75) is 32.4 Å². The molecule has 7 heteroatoms. The highest BCUT2D eigenvalue weighted by atomic mass is 32.2. The van der Waals surface area contributed by atoms with Gasteiger partial charge in [-0.2, -0.15) is 0 Å². The standard InChI is InChI=1S/C12H22N4O2S/c1-3-19(17,18)16-6-4-11(5-7-16)14-9-12-8-13-10-15(12)2/h8,10-11,14H,3-7,9H2,1-2H3. The number of hydrogen-bond donors (Lipinski definition) is 1. The maximum Gasteiger partial charge on any atom is 0.213 e. The van der Waals surface area contributed by atoms with Crippen LogP contribution in [0.15, 0.2) is 12.5 Å². The van der Waals surface area contributed by atoms with Gasteiger partial charge in [0.2, 0.25) is 10.0 Å². The predicted molar refractivity (Wildman–Crippen MR) is 74.1 cm³/mol. The topological polar surface area (TPSA) is 67.2 Å². The van der Waals surface area contributed by atoms with Crippen LogP contribution in [-0.2, 0) is 23.6 Å². The van der Waals surface area contributed by atoms with Crippen molar-refractivity contribution in [2.24, 2.45) is 7.05 Å². The first-order valence-electron chi connectivity index (χ1n) is 6.69. The van der Waals surface area contributed by atoms with Crippen LogP contribution in [0.2, 0.25) is 0 Å². The maximum atomic E-state index is 11.7. The summed E-state index contributed by atoms with van der Waals surface area (Å²) < 4.78 is 27.1. The lowest BCUT2D eigenvalue weighted by atomic mass is 10.1. The van der Waals surface area contributed by atoms with E-state index >= 15 is 0 Å². The molecule has 1 N–H and O–H groups in total. The summed E-state index contributed by atoms with van der Waals surface area (Å²) in [5.74, 6) is 0.195. The zero-order valence-electron chi connectivity index (χ0n) is 11.5. The van der Waals surface area contributed by atoms with E-state index in [1.165, 1.54) is 0 Å². The molecule has 1 aromatic rings. The number of aryl methyl sites for hydroxylation is 1. The highest BCUT2D eigenvalue weighted by Crippen LogP contribution is 2.14. The third-order valence-corrected chi connectivity index (χ3v) is 5.58. The SMILES string of the molecule is CCS(=O)(=O)N1CCC(NCc2cncn2C)CC1. The lowest BCUT2D eigenvalue weighted by Crippen LogP contribution is -2.45. The molecule has 0 spiro atoms. The van der Waals surface area contributed by atoms with Crippen LogP contribution < -0.4 is 5.32 Å². The van der Waals surface area contributed by atoms with E-state index in [2.05, 4.69) is 10.3 Å². The highest BCUT2D eigenvalue weighted by Gasteiger charge is 2.26. The molecule has 19 heavy (non-hydrogen) atoms. The first-order chi connectivity index (χ1) is 9.03. The van der Waals surface area contributed by atoms with E-state index in [0.717, 1.165) is 25.1 Å². The molecule has 1 aromatic heterocycles. The number of rotatable bonds is 5. The minimum Gasteiger partial charge on any atom is -0.337 e. The molecule has 2 rings (SSSR count). The molecule has 0 aromatic carbocycles. The quantitative estimate of drug-likeness (QED) is 0.847. The van der Waals surface area contributed by atoms with Crippen molar-refractivity contribution >= 4 is 10.0 Å². The monoisotopic (exact) mass is 286 g/mol. The Kier molecular flexibility index (Phi) is 4.59. The first kappa shape index (κ1) is 14.5. The van der Waals surface area contributed by atoms with Gasteiger partial charge in [-0.15, -0.1) is 0 Å². The molecule has 6 nitrogen and oxygen atoms in total. The van der Waals surface area contributed by atoms with Gasteiger partial charge in [-0.25, -0.2) is 17.7 Å². The highest BCUT2D eigenvalue weighted by molar-refractivity contribution is 7.89. The van der Waals surface area contributed by atoms with E-state index in [4.69, 9.17) is 0 Å². The minimum atomic E-state index is -3.02. The van der Waals surface area contributed by atoms with Gasteiger partial charge in [0.15, 0.2) is 0 Å². The fraction of sp³-hybridized carbons (Fsp3) is 0.750. The molecule has 1 aliphatic rings.